The van der Waals surface area contributed by atoms with E-state index in [4.69, 9.17) is 16.6 Å². The van der Waals surface area contributed by atoms with Crippen molar-refractivity contribution in [3.8, 4) is 0 Å². The number of halogens is 1. The quantitative estimate of drug-likeness (QED) is 0.740. The zero-order chi connectivity index (χ0) is 17.2. The van der Waals surface area contributed by atoms with Crippen LogP contribution in [0.4, 0.5) is 17.5 Å². The zero-order valence-electron chi connectivity index (χ0n) is 14.0. The van der Waals surface area contributed by atoms with Gasteiger partial charge in [0.05, 0.1) is 0 Å². The highest BCUT2D eigenvalue weighted by Gasteiger charge is 2.17. The summed E-state index contributed by atoms with van der Waals surface area (Å²) in [5.41, 5.74) is 4.71. The van der Waals surface area contributed by atoms with Crippen LogP contribution in [-0.4, -0.2) is 16.5 Å². The average molecular weight is 351 g/mol. The number of hydrogen-bond donors (Lipinski definition) is 1. The average Bonchev–Trinajstić information content (AvgIpc) is 2.65. The minimum Gasteiger partial charge on any atom is -0.352 e. The van der Waals surface area contributed by atoms with Gasteiger partial charge in [-0.15, -0.1) is 0 Å². The molecule has 1 aliphatic rings. The van der Waals surface area contributed by atoms with Gasteiger partial charge in [0.1, 0.15) is 5.82 Å². The first-order valence-electron chi connectivity index (χ1n) is 8.37. The van der Waals surface area contributed by atoms with Crippen molar-refractivity contribution in [2.45, 2.75) is 19.9 Å². The number of nitrogens with zero attached hydrogens (tertiary/aromatic N) is 3. The monoisotopic (exact) mass is 350 g/mol. The van der Waals surface area contributed by atoms with Gasteiger partial charge < -0.3 is 10.2 Å². The normalized spacial score (nSPS) is 13.4. The lowest BCUT2D eigenvalue weighted by Gasteiger charge is -2.29. The number of rotatable bonds is 3. The molecule has 0 amide bonds. The highest BCUT2D eigenvalue weighted by atomic mass is 35.5. The van der Waals surface area contributed by atoms with Crippen molar-refractivity contribution in [2.24, 2.45) is 0 Å². The van der Waals surface area contributed by atoms with E-state index in [-0.39, 0.29) is 0 Å². The van der Waals surface area contributed by atoms with Crippen LogP contribution in [0.25, 0.3) is 0 Å². The fourth-order valence-electron chi connectivity index (χ4n) is 3.14. The van der Waals surface area contributed by atoms with Gasteiger partial charge in [-0.1, -0.05) is 41.9 Å². The maximum Gasteiger partial charge on any atom is 0.229 e. The van der Waals surface area contributed by atoms with Crippen molar-refractivity contribution >= 4 is 29.1 Å². The molecule has 3 aromatic rings. The molecule has 2 heterocycles. The molecule has 4 nitrogen and oxygen atoms in total. The Hall–Kier alpha value is -2.59. The molecule has 0 saturated carbocycles. The Balaban J connectivity index is 1.57. The molecule has 25 heavy (non-hydrogen) atoms. The summed E-state index contributed by atoms with van der Waals surface area (Å²) in [7, 11) is 0. The molecule has 1 N–H and O–H groups in total. The standard InChI is InChI=1S/C20H19ClN4/c1-14-17(21)7-4-8-18(14)23-20-22-11-9-19(24-20)25-12-10-15-5-2-3-6-16(15)13-25/h2-9,11H,10,12-13H2,1H3,(H,22,23,24). The van der Waals surface area contributed by atoms with Crippen LogP contribution in [0.5, 0.6) is 0 Å². The molecule has 0 radical (unpaired) electrons. The minimum absolute atomic E-state index is 0.585. The van der Waals surface area contributed by atoms with E-state index in [1.165, 1.54) is 11.1 Å². The van der Waals surface area contributed by atoms with Crippen LogP contribution in [0.15, 0.2) is 54.7 Å². The van der Waals surface area contributed by atoms with Gasteiger partial charge in [0.25, 0.3) is 0 Å². The van der Waals surface area contributed by atoms with E-state index in [9.17, 15) is 0 Å². The molecule has 2 aromatic carbocycles. The summed E-state index contributed by atoms with van der Waals surface area (Å²) >= 11 is 6.19. The van der Waals surface area contributed by atoms with Gasteiger partial charge in [0, 0.05) is 30.0 Å². The van der Waals surface area contributed by atoms with Crippen molar-refractivity contribution < 1.29 is 0 Å². The van der Waals surface area contributed by atoms with Crippen LogP contribution in [0.3, 0.4) is 0 Å². The SMILES string of the molecule is Cc1c(Cl)cccc1Nc1nccc(N2CCc3ccccc3C2)n1. The van der Waals surface area contributed by atoms with Gasteiger partial charge in [0.2, 0.25) is 5.95 Å². The van der Waals surface area contributed by atoms with Gasteiger partial charge in [-0.05, 0) is 48.2 Å². The lowest BCUT2D eigenvalue weighted by Crippen LogP contribution is -2.31. The van der Waals surface area contributed by atoms with Gasteiger partial charge in [0.15, 0.2) is 0 Å². The van der Waals surface area contributed by atoms with Crippen LogP contribution < -0.4 is 10.2 Å². The molecule has 0 atom stereocenters. The summed E-state index contributed by atoms with van der Waals surface area (Å²) in [5.74, 6) is 1.52. The Morgan fingerprint density at radius 1 is 1.04 bits per heavy atom. The molecule has 4 rings (SSSR count). The molecular formula is C20H19ClN4. The van der Waals surface area contributed by atoms with E-state index in [0.29, 0.717) is 5.95 Å². The predicted molar refractivity (Wildman–Crippen MR) is 103 cm³/mol. The van der Waals surface area contributed by atoms with Gasteiger partial charge in [-0.2, -0.15) is 4.98 Å². The highest BCUT2D eigenvalue weighted by molar-refractivity contribution is 6.31. The van der Waals surface area contributed by atoms with Crippen LogP contribution >= 0.6 is 11.6 Å². The molecule has 1 aromatic heterocycles. The minimum atomic E-state index is 0.585. The molecule has 0 saturated heterocycles. The smallest absolute Gasteiger partial charge is 0.229 e. The number of nitrogens with one attached hydrogen (secondary N) is 1. The fourth-order valence-corrected chi connectivity index (χ4v) is 3.31. The van der Waals surface area contributed by atoms with Crippen LogP contribution in [0, 0.1) is 6.92 Å². The Bertz CT molecular complexity index is 910. The second-order valence-electron chi connectivity index (χ2n) is 6.22. The topological polar surface area (TPSA) is 41.1 Å². The molecule has 126 valence electrons. The molecule has 0 spiro atoms. The molecule has 5 heteroatoms. The van der Waals surface area contributed by atoms with Gasteiger partial charge in [-0.3, -0.25) is 0 Å². The first kappa shape index (κ1) is 15.9. The summed E-state index contributed by atoms with van der Waals surface area (Å²) in [6.07, 6.45) is 2.83. The van der Waals surface area contributed by atoms with E-state index in [1.807, 2.05) is 31.2 Å². The first-order valence-corrected chi connectivity index (χ1v) is 8.75. The number of anilines is 3. The summed E-state index contributed by atoms with van der Waals surface area (Å²) in [6, 6.07) is 16.3. The number of fused-ring (bicyclic) bond motifs is 1. The molecular weight excluding hydrogens is 332 g/mol. The molecule has 0 fully saturated rings. The van der Waals surface area contributed by atoms with Gasteiger partial charge >= 0.3 is 0 Å². The largest absolute Gasteiger partial charge is 0.352 e. The van der Waals surface area contributed by atoms with Crippen LogP contribution in [-0.2, 0) is 13.0 Å². The lowest BCUT2D eigenvalue weighted by atomic mass is 10.00. The lowest BCUT2D eigenvalue weighted by molar-refractivity contribution is 0.720. The molecule has 0 unspecified atom stereocenters. The highest BCUT2D eigenvalue weighted by Crippen LogP contribution is 2.27. The van der Waals surface area contributed by atoms with E-state index >= 15 is 0 Å². The van der Waals surface area contributed by atoms with E-state index in [1.54, 1.807) is 6.20 Å². The van der Waals surface area contributed by atoms with Crippen molar-refractivity contribution in [2.75, 3.05) is 16.8 Å². The Morgan fingerprint density at radius 3 is 2.76 bits per heavy atom. The van der Waals surface area contributed by atoms with E-state index in [0.717, 1.165) is 41.6 Å². The summed E-state index contributed by atoms with van der Waals surface area (Å²) in [4.78, 5) is 11.3. The molecule has 1 aliphatic heterocycles. The Morgan fingerprint density at radius 2 is 1.88 bits per heavy atom. The summed E-state index contributed by atoms with van der Waals surface area (Å²) in [5, 5.41) is 4.01. The number of aromatic nitrogens is 2. The zero-order valence-corrected chi connectivity index (χ0v) is 14.8. The third kappa shape index (κ3) is 3.30. The van der Waals surface area contributed by atoms with Crippen molar-refractivity contribution in [1.29, 1.82) is 0 Å². The maximum atomic E-state index is 6.19. The Kier molecular flexibility index (Phi) is 4.28. The van der Waals surface area contributed by atoms with Crippen molar-refractivity contribution in [3.63, 3.8) is 0 Å². The molecule has 0 bridgehead atoms. The maximum absolute atomic E-state index is 6.19. The predicted octanol–water partition coefficient (Wildman–Crippen LogP) is 4.74. The van der Waals surface area contributed by atoms with Crippen molar-refractivity contribution in [3.05, 3.63) is 76.4 Å². The summed E-state index contributed by atoms with van der Waals surface area (Å²) < 4.78 is 0. The van der Waals surface area contributed by atoms with Crippen molar-refractivity contribution in [1.82, 2.24) is 9.97 Å². The molecule has 0 aliphatic carbocycles. The van der Waals surface area contributed by atoms with E-state index < -0.39 is 0 Å². The Labute approximate surface area is 152 Å². The van der Waals surface area contributed by atoms with E-state index in [2.05, 4.69) is 39.5 Å². The fraction of sp³-hybridized carbons (Fsp3) is 0.200. The second kappa shape index (κ2) is 6.73. The second-order valence-corrected chi connectivity index (χ2v) is 6.62. The third-order valence-corrected chi connectivity index (χ3v) is 5.02. The van der Waals surface area contributed by atoms with Crippen LogP contribution in [0.2, 0.25) is 5.02 Å². The first-order chi connectivity index (χ1) is 12.2. The summed E-state index contributed by atoms with van der Waals surface area (Å²) in [6.45, 7) is 3.82. The third-order valence-electron chi connectivity index (χ3n) is 4.61. The van der Waals surface area contributed by atoms with Crippen LogP contribution in [0.1, 0.15) is 16.7 Å². The number of hydrogen-bond acceptors (Lipinski definition) is 4. The van der Waals surface area contributed by atoms with Gasteiger partial charge in [-0.25, -0.2) is 4.98 Å². The number of benzene rings is 2.